The maximum Gasteiger partial charge on any atom is 0.153 e. The molecule has 0 amide bonds. The number of aromatic nitrogens is 3. The average molecular weight is 245 g/mol. The first kappa shape index (κ1) is 12.8. The first-order chi connectivity index (χ1) is 8.69. The Hall–Kier alpha value is -1.68. The molecule has 0 unspecified atom stereocenters. The van der Waals surface area contributed by atoms with Gasteiger partial charge in [-0.05, 0) is 37.5 Å². The number of pyridine rings is 1. The first-order valence-electron chi connectivity index (χ1n) is 6.35. The van der Waals surface area contributed by atoms with Crippen LogP contribution >= 0.6 is 0 Å². The molecule has 2 aromatic rings. The van der Waals surface area contributed by atoms with Crippen molar-refractivity contribution in [2.45, 2.75) is 40.2 Å². The predicted molar refractivity (Wildman–Crippen MR) is 70.8 cm³/mol. The molecule has 0 bridgehead atoms. The minimum absolute atomic E-state index is 0.0269. The maximum absolute atomic E-state index is 9.16. The van der Waals surface area contributed by atoms with Crippen LogP contribution in [0.5, 0.6) is 0 Å². The lowest BCUT2D eigenvalue weighted by Crippen LogP contribution is -2.06. The highest BCUT2D eigenvalue weighted by atomic mass is 16.3. The van der Waals surface area contributed by atoms with E-state index in [1.54, 1.807) is 0 Å². The molecule has 0 aliphatic carbocycles. The van der Waals surface area contributed by atoms with Gasteiger partial charge in [-0.15, -0.1) is 0 Å². The Labute approximate surface area is 107 Å². The minimum atomic E-state index is 0.0269. The molecule has 2 rings (SSSR count). The molecular formula is C14H19N3O. The first-order valence-corrected chi connectivity index (χ1v) is 6.35. The fourth-order valence-corrected chi connectivity index (χ4v) is 1.96. The summed E-state index contributed by atoms with van der Waals surface area (Å²) in [6.07, 6.45) is 1.85. The van der Waals surface area contributed by atoms with Gasteiger partial charge < -0.3 is 5.11 Å². The van der Waals surface area contributed by atoms with Crippen molar-refractivity contribution in [3.8, 4) is 5.82 Å². The number of aryl methyl sites for hydroxylation is 3. The van der Waals surface area contributed by atoms with Crippen molar-refractivity contribution in [1.29, 1.82) is 0 Å². The Morgan fingerprint density at radius 1 is 1.22 bits per heavy atom. The van der Waals surface area contributed by atoms with Crippen LogP contribution < -0.4 is 0 Å². The van der Waals surface area contributed by atoms with Gasteiger partial charge in [-0.1, -0.05) is 19.9 Å². The van der Waals surface area contributed by atoms with Crippen molar-refractivity contribution in [2.75, 3.05) is 0 Å². The van der Waals surface area contributed by atoms with E-state index in [2.05, 4.69) is 30.0 Å². The summed E-state index contributed by atoms with van der Waals surface area (Å²) < 4.78 is 1.90. The smallest absolute Gasteiger partial charge is 0.153 e. The summed E-state index contributed by atoms with van der Waals surface area (Å²) in [5.41, 5.74) is 3.96. The number of aliphatic hydroxyl groups is 1. The van der Waals surface area contributed by atoms with Crippen molar-refractivity contribution in [3.63, 3.8) is 0 Å². The predicted octanol–water partition coefficient (Wildman–Crippen LogP) is 2.19. The summed E-state index contributed by atoms with van der Waals surface area (Å²) in [7, 11) is 0. The molecule has 0 fully saturated rings. The van der Waals surface area contributed by atoms with Crippen LogP contribution in [0, 0.1) is 6.92 Å². The fourth-order valence-electron chi connectivity index (χ4n) is 1.96. The second-order valence-electron chi connectivity index (χ2n) is 4.32. The molecule has 2 aromatic heterocycles. The Kier molecular flexibility index (Phi) is 3.77. The minimum Gasteiger partial charge on any atom is -0.392 e. The molecule has 18 heavy (non-hydrogen) atoms. The standard InChI is InChI=1S/C14H19N3O/c1-4-12-8-13(5-2)17(16-12)14-7-6-11(9-18)10(3)15-14/h6-8,18H,4-5,9H2,1-3H3. The van der Waals surface area contributed by atoms with Gasteiger partial charge in [0.2, 0.25) is 0 Å². The van der Waals surface area contributed by atoms with Crippen molar-refractivity contribution >= 4 is 0 Å². The summed E-state index contributed by atoms with van der Waals surface area (Å²) >= 11 is 0. The summed E-state index contributed by atoms with van der Waals surface area (Å²) in [6, 6.07) is 5.94. The second-order valence-corrected chi connectivity index (χ2v) is 4.32. The molecule has 0 saturated carbocycles. The summed E-state index contributed by atoms with van der Waals surface area (Å²) in [5, 5.41) is 13.7. The molecule has 0 spiro atoms. The molecule has 0 aliphatic heterocycles. The average Bonchev–Trinajstić information content (AvgIpc) is 2.82. The van der Waals surface area contributed by atoms with Crippen LogP contribution in [-0.2, 0) is 19.4 Å². The lowest BCUT2D eigenvalue weighted by atomic mass is 10.2. The van der Waals surface area contributed by atoms with Crippen LogP contribution in [-0.4, -0.2) is 19.9 Å². The van der Waals surface area contributed by atoms with Crippen LogP contribution in [0.4, 0.5) is 0 Å². The molecule has 0 aliphatic rings. The van der Waals surface area contributed by atoms with Gasteiger partial charge in [0.05, 0.1) is 12.3 Å². The van der Waals surface area contributed by atoms with E-state index in [4.69, 9.17) is 5.11 Å². The zero-order chi connectivity index (χ0) is 13.1. The Bertz CT molecular complexity index is 546. The SMILES string of the molecule is CCc1cc(CC)n(-c2ccc(CO)c(C)n2)n1. The van der Waals surface area contributed by atoms with Crippen LogP contribution in [0.15, 0.2) is 18.2 Å². The zero-order valence-electron chi connectivity index (χ0n) is 11.1. The molecule has 0 atom stereocenters. The summed E-state index contributed by atoms with van der Waals surface area (Å²) in [6.45, 7) is 6.14. The van der Waals surface area contributed by atoms with Gasteiger partial charge in [-0.3, -0.25) is 0 Å². The molecule has 96 valence electrons. The van der Waals surface area contributed by atoms with Crippen LogP contribution in [0.25, 0.3) is 5.82 Å². The summed E-state index contributed by atoms with van der Waals surface area (Å²) in [5.74, 6) is 0.821. The van der Waals surface area contributed by atoms with E-state index in [9.17, 15) is 0 Å². The van der Waals surface area contributed by atoms with Crippen LogP contribution in [0.3, 0.4) is 0 Å². The van der Waals surface area contributed by atoms with Gasteiger partial charge in [0, 0.05) is 11.4 Å². The number of hydrogen-bond donors (Lipinski definition) is 1. The van der Waals surface area contributed by atoms with E-state index in [-0.39, 0.29) is 6.61 Å². The third-order valence-electron chi connectivity index (χ3n) is 3.13. The molecule has 0 saturated heterocycles. The Morgan fingerprint density at radius 2 is 2.00 bits per heavy atom. The lowest BCUT2D eigenvalue weighted by molar-refractivity contribution is 0.280. The van der Waals surface area contributed by atoms with Gasteiger partial charge in [0.25, 0.3) is 0 Å². The Balaban J connectivity index is 2.47. The topological polar surface area (TPSA) is 50.9 Å². The van der Waals surface area contributed by atoms with Gasteiger partial charge in [0.1, 0.15) is 0 Å². The van der Waals surface area contributed by atoms with Crippen molar-refractivity contribution in [2.24, 2.45) is 0 Å². The monoisotopic (exact) mass is 245 g/mol. The molecule has 0 aromatic carbocycles. The third-order valence-corrected chi connectivity index (χ3v) is 3.13. The molecule has 2 heterocycles. The molecule has 4 heteroatoms. The van der Waals surface area contributed by atoms with Gasteiger partial charge in [-0.25, -0.2) is 9.67 Å². The highest BCUT2D eigenvalue weighted by Gasteiger charge is 2.09. The second kappa shape index (κ2) is 5.31. The fraction of sp³-hybridized carbons (Fsp3) is 0.429. The quantitative estimate of drug-likeness (QED) is 0.898. The molecule has 0 radical (unpaired) electrons. The van der Waals surface area contributed by atoms with Crippen molar-refractivity contribution < 1.29 is 5.11 Å². The van der Waals surface area contributed by atoms with E-state index in [1.165, 1.54) is 0 Å². The maximum atomic E-state index is 9.16. The van der Waals surface area contributed by atoms with E-state index in [1.807, 2.05) is 23.7 Å². The van der Waals surface area contributed by atoms with E-state index in [0.29, 0.717) is 0 Å². The number of nitrogens with zero attached hydrogens (tertiary/aromatic N) is 3. The van der Waals surface area contributed by atoms with Crippen molar-refractivity contribution in [1.82, 2.24) is 14.8 Å². The lowest BCUT2D eigenvalue weighted by Gasteiger charge is -2.08. The van der Waals surface area contributed by atoms with Gasteiger partial charge in [0.15, 0.2) is 5.82 Å². The Morgan fingerprint density at radius 3 is 2.56 bits per heavy atom. The van der Waals surface area contributed by atoms with Crippen molar-refractivity contribution in [3.05, 3.63) is 40.8 Å². The van der Waals surface area contributed by atoms with Gasteiger partial charge in [-0.2, -0.15) is 5.10 Å². The highest BCUT2D eigenvalue weighted by Crippen LogP contribution is 2.14. The largest absolute Gasteiger partial charge is 0.392 e. The highest BCUT2D eigenvalue weighted by molar-refractivity contribution is 5.31. The third kappa shape index (κ3) is 2.29. The summed E-state index contributed by atoms with van der Waals surface area (Å²) in [4.78, 5) is 4.51. The number of aliphatic hydroxyl groups excluding tert-OH is 1. The zero-order valence-corrected chi connectivity index (χ0v) is 11.1. The van der Waals surface area contributed by atoms with E-state index in [0.717, 1.165) is 41.3 Å². The van der Waals surface area contributed by atoms with Crippen LogP contribution in [0.1, 0.15) is 36.5 Å². The normalized spacial score (nSPS) is 10.9. The van der Waals surface area contributed by atoms with Crippen LogP contribution in [0.2, 0.25) is 0 Å². The molecule has 4 nitrogen and oxygen atoms in total. The van der Waals surface area contributed by atoms with Gasteiger partial charge >= 0.3 is 0 Å². The number of hydrogen-bond acceptors (Lipinski definition) is 3. The van der Waals surface area contributed by atoms with E-state index < -0.39 is 0 Å². The molecular weight excluding hydrogens is 226 g/mol. The molecule has 1 N–H and O–H groups in total. The van der Waals surface area contributed by atoms with E-state index >= 15 is 0 Å². The number of rotatable bonds is 4.